The van der Waals surface area contributed by atoms with Gasteiger partial charge >= 0.3 is 17.9 Å². The molecule has 5 unspecified atom stereocenters. The molecule has 4 aliphatic heterocycles. The molecule has 28 heavy (non-hydrogen) atoms. The maximum absolute atomic E-state index is 13.2. The van der Waals surface area contributed by atoms with Gasteiger partial charge in [0.15, 0.2) is 6.10 Å². The van der Waals surface area contributed by atoms with Crippen LogP contribution in [0.4, 0.5) is 0 Å². The largest absolute Gasteiger partial charge is 0.459 e. The van der Waals surface area contributed by atoms with Gasteiger partial charge in [-0.2, -0.15) is 0 Å². The van der Waals surface area contributed by atoms with Crippen molar-refractivity contribution in [1.82, 2.24) is 0 Å². The lowest BCUT2D eigenvalue weighted by molar-refractivity contribution is -0.191. The van der Waals surface area contributed by atoms with E-state index in [0.717, 1.165) is 0 Å². The molecule has 3 saturated heterocycles. The Morgan fingerprint density at radius 2 is 1.82 bits per heavy atom. The molecule has 2 aliphatic carbocycles. The van der Waals surface area contributed by atoms with Gasteiger partial charge in [-0.3, -0.25) is 0 Å². The first kappa shape index (κ1) is 17.0. The van der Waals surface area contributed by atoms with Gasteiger partial charge in [0.2, 0.25) is 11.9 Å². The summed E-state index contributed by atoms with van der Waals surface area (Å²) in [6.45, 7) is 7.74. The third kappa shape index (κ3) is 1.28. The number of carbonyl (C=O) groups excluding carboxylic acids is 3. The molecule has 0 aromatic rings. The fourth-order valence-corrected chi connectivity index (χ4v) is 7.60. The molecule has 2 saturated carbocycles. The zero-order valence-electron chi connectivity index (χ0n) is 16.1. The number of fused-ring (bicyclic) bond motifs is 1. The summed E-state index contributed by atoms with van der Waals surface area (Å²) in [5, 5.41) is 11.2. The summed E-state index contributed by atoms with van der Waals surface area (Å²) in [6, 6.07) is 0. The van der Waals surface area contributed by atoms with Crippen LogP contribution in [0.5, 0.6) is 0 Å². The second-order valence-corrected chi connectivity index (χ2v) is 10.1. The van der Waals surface area contributed by atoms with E-state index in [2.05, 4.69) is 0 Å². The van der Waals surface area contributed by atoms with Crippen molar-refractivity contribution in [1.29, 1.82) is 0 Å². The van der Waals surface area contributed by atoms with Gasteiger partial charge in [0.1, 0.15) is 12.2 Å². The number of rotatable bonds is 0. The van der Waals surface area contributed by atoms with Crippen LogP contribution in [0.2, 0.25) is 0 Å². The molecule has 2 spiro atoms. The Hall–Kier alpha value is -1.93. The highest BCUT2D eigenvalue weighted by Crippen LogP contribution is 2.83. The SMILES string of the molecule is CC1=C2C(CC34C5CC(C(C)(C)C)C36[C@@H](OC(=O)[C@@H]6O)O[C@@]24C(=O)O5)OC1=O. The number of aliphatic hydroxyl groups excluding tert-OH is 1. The monoisotopic (exact) mass is 390 g/mol. The maximum Gasteiger partial charge on any atom is 0.344 e. The van der Waals surface area contributed by atoms with E-state index in [0.29, 0.717) is 17.6 Å². The van der Waals surface area contributed by atoms with Gasteiger partial charge in [-0.1, -0.05) is 20.8 Å². The van der Waals surface area contributed by atoms with Gasteiger partial charge in [0.05, 0.1) is 10.8 Å². The van der Waals surface area contributed by atoms with Crippen LogP contribution < -0.4 is 0 Å². The molecule has 4 heterocycles. The molecule has 8 heteroatoms. The number of carbonyl (C=O) groups is 3. The highest BCUT2D eigenvalue weighted by molar-refractivity contribution is 6.00. The van der Waals surface area contributed by atoms with Crippen molar-refractivity contribution in [3.05, 3.63) is 11.1 Å². The molecule has 5 fully saturated rings. The minimum atomic E-state index is -1.55. The molecular weight excluding hydrogens is 368 g/mol. The van der Waals surface area contributed by atoms with Crippen LogP contribution in [0.3, 0.4) is 0 Å². The lowest BCUT2D eigenvalue weighted by Gasteiger charge is -2.45. The summed E-state index contributed by atoms with van der Waals surface area (Å²) in [4.78, 5) is 37.9. The van der Waals surface area contributed by atoms with Crippen molar-refractivity contribution in [2.45, 2.75) is 70.7 Å². The zero-order chi connectivity index (χ0) is 20.0. The Labute approximate surface area is 161 Å². The molecule has 0 bridgehead atoms. The van der Waals surface area contributed by atoms with E-state index in [-0.39, 0.29) is 17.8 Å². The molecule has 0 aromatic heterocycles. The Bertz CT molecular complexity index is 914. The summed E-state index contributed by atoms with van der Waals surface area (Å²) < 4.78 is 23.2. The zero-order valence-corrected chi connectivity index (χ0v) is 16.1. The van der Waals surface area contributed by atoms with Crippen LogP contribution in [0, 0.1) is 22.2 Å². The van der Waals surface area contributed by atoms with Crippen molar-refractivity contribution >= 4 is 17.9 Å². The molecule has 0 amide bonds. The minimum Gasteiger partial charge on any atom is -0.459 e. The Morgan fingerprint density at radius 1 is 1.11 bits per heavy atom. The summed E-state index contributed by atoms with van der Waals surface area (Å²) >= 11 is 0. The molecule has 8 nitrogen and oxygen atoms in total. The van der Waals surface area contributed by atoms with Gasteiger partial charge in [-0.25, -0.2) is 14.4 Å². The Balaban J connectivity index is 1.70. The van der Waals surface area contributed by atoms with Crippen LogP contribution in [0.15, 0.2) is 11.1 Å². The van der Waals surface area contributed by atoms with E-state index in [1.807, 2.05) is 20.8 Å². The Kier molecular flexibility index (Phi) is 2.61. The van der Waals surface area contributed by atoms with Gasteiger partial charge in [-0.05, 0) is 24.7 Å². The number of hydrogen-bond acceptors (Lipinski definition) is 8. The highest BCUT2D eigenvalue weighted by Gasteiger charge is 2.96. The molecular formula is C20H22O8. The predicted octanol–water partition coefficient (Wildman–Crippen LogP) is 0.609. The number of ether oxygens (including phenoxy) is 4. The van der Waals surface area contributed by atoms with Crippen molar-refractivity contribution in [2.24, 2.45) is 22.2 Å². The van der Waals surface area contributed by atoms with E-state index in [1.54, 1.807) is 6.92 Å². The van der Waals surface area contributed by atoms with E-state index >= 15 is 0 Å². The van der Waals surface area contributed by atoms with Crippen molar-refractivity contribution in [3.63, 3.8) is 0 Å². The molecule has 0 aromatic carbocycles. The van der Waals surface area contributed by atoms with Gasteiger partial charge in [0.25, 0.3) is 0 Å². The molecule has 150 valence electrons. The van der Waals surface area contributed by atoms with Gasteiger partial charge in [0, 0.05) is 17.6 Å². The van der Waals surface area contributed by atoms with Crippen LogP contribution >= 0.6 is 0 Å². The van der Waals surface area contributed by atoms with E-state index in [4.69, 9.17) is 18.9 Å². The second-order valence-electron chi connectivity index (χ2n) is 10.1. The molecule has 6 aliphatic rings. The molecule has 1 N–H and O–H groups in total. The molecule has 8 atom stereocenters. The molecule has 0 radical (unpaired) electrons. The quantitative estimate of drug-likeness (QED) is 0.473. The smallest absolute Gasteiger partial charge is 0.344 e. The first-order valence-corrected chi connectivity index (χ1v) is 9.73. The number of aliphatic hydroxyl groups is 1. The average molecular weight is 390 g/mol. The van der Waals surface area contributed by atoms with Gasteiger partial charge < -0.3 is 24.1 Å². The topological polar surface area (TPSA) is 108 Å². The first-order valence-electron chi connectivity index (χ1n) is 9.73. The third-order valence-electron chi connectivity index (χ3n) is 8.30. The van der Waals surface area contributed by atoms with Crippen LogP contribution in [0.25, 0.3) is 0 Å². The van der Waals surface area contributed by atoms with Crippen molar-refractivity contribution in [3.8, 4) is 0 Å². The number of hydrogen-bond donors (Lipinski definition) is 1. The van der Waals surface area contributed by atoms with Crippen molar-refractivity contribution in [2.75, 3.05) is 0 Å². The summed E-state index contributed by atoms with van der Waals surface area (Å²) in [5.74, 6) is -1.97. The van der Waals surface area contributed by atoms with E-state index in [9.17, 15) is 19.5 Å². The van der Waals surface area contributed by atoms with Crippen LogP contribution in [0.1, 0.15) is 40.5 Å². The molecule has 6 rings (SSSR count). The maximum atomic E-state index is 13.2. The fourth-order valence-electron chi connectivity index (χ4n) is 7.60. The standard InChI is InChI=1S/C20H22O8/c1-7-11-8(25-13(7)22)6-18-10-5-9(17(2,3)4)19(18)12(21)14(23)27-16(19)28-20(11,18)15(24)26-10/h8-10,12,16,21H,5-6H2,1-4H3/t8?,9?,10?,12-,16-,18?,19?,20+/m0/s1. The predicted molar refractivity (Wildman–Crippen MR) is 89.2 cm³/mol. The van der Waals surface area contributed by atoms with E-state index in [1.165, 1.54) is 0 Å². The lowest BCUT2D eigenvalue weighted by atomic mass is 9.52. The second kappa shape index (κ2) is 4.31. The van der Waals surface area contributed by atoms with Crippen LogP contribution in [-0.4, -0.2) is 53.2 Å². The first-order chi connectivity index (χ1) is 13.0. The van der Waals surface area contributed by atoms with E-state index < -0.39 is 58.9 Å². The minimum absolute atomic E-state index is 0.193. The average Bonchev–Trinajstić information content (AvgIpc) is 3.30. The lowest BCUT2D eigenvalue weighted by Crippen LogP contribution is -2.58. The summed E-state index contributed by atoms with van der Waals surface area (Å²) in [5.41, 5.74) is -3.18. The number of esters is 3. The van der Waals surface area contributed by atoms with Crippen LogP contribution in [-0.2, 0) is 33.3 Å². The fraction of sp³-hybridized carbons (Fsp3) is 0.750. The normalized spacial score (nSPS) is 53.0. The van der Waals surface area contributed by atoms with Crippen molar-refractivity contribution < 1.29 is 38.4 Å². The summed E-state index contributed by atoms with van der Waals surface area (Å²) in [6.07, 6.45) is -2.87. The highest BCUT2D eigenvalue weighted by atomic mass is 16.7. The Morgan fingerprint density at radius 3 is 2.50 bits per heavy atom. The third-order valence-corrected chi connectivity index (χ3v) is 8.30. The van der Waals surface area contributed by atoms with Gasteiger partial charge in [-0.15, -0.1) is 0 Å². The summed E-state index contributed by atoms with van der Waals surface area (Å²) in [7, 11) is 0.